The number of nitrogens with zero attached hydrogens (tertiary/aromatic N) is 1. The summed E-state index contributed by atoms with van der Waals surface area (Å²) in [6.45, 7) is 1.77. The van der Waals surface area contributed by atoms with Crippen LogP contribution in [0.5, 0.6) is 0 Å². The fourth-order valence-electron chi connectivity index (χ4n) is 2.26. The molecule has 2 rings (SSSR count). The van der Waals surface area contributed by atoms with E-state index in [1.165, 1.54) is 36.7 Å². The van der Waals surface area contributed by atoms with E-state index in [9.17, 15) is 23.1 Å². The fourth-order valence-corrected chi connectivity index (χ4v) is 2.26. The first-order valence-electron chi connectivity index (χ1n) is 7.39. The van der Waals surface area contributed by atoms with E-state index in [0.717, 1.165) is 12.1 Å². The van der Waals surface area contributed by atoms with Gasteiger partial charge in [-0.3, -0.25) is 9.78 Å². The van der Waals surface area contributed by atoms with Crippen molar-refractivity contribution in [3.05, 3.63) is 65.5 Å². The number of halogens is 3. The van der Waals surface area contributed by atoms with E-state index >= 15 is 0 Å². The quantitative estimate of drug-likeness (QED) is 0.879. The number of amides is 1. The van der Waals surface area contributed by atoms with Crippen molar-refractivity contribution in [3.8, 4) is 0 Å². The molecule has 2 atom stereocenters. The molecule has 0 aliphatic rings. The summed E-state index contributed by atoms with van der Waals surface area (Å²) in [5, 5.41) is 13.0. The molecule has 0 aliphatic carbocycles. The molecule has 0 aliphatic heterocycles. The van der Waals surface area contributed by atoms with Gasteiger partial charge in [0, 0.05) is 18.0 Å². The Balaban J connectivity index is 2.11. The summed E-state index contributed by atoms with van der Waals surface area (Å²) in [5.41, 5.74) is -0.0831. The molecule has 24 heavy (non-hydrogen) atoms. The lowest BCUT2D eigenvalue weighted by atomic mass is 9.98. The number of hydrogen-bond acceptors (Lipinski definition) is 3. The molecule has 1 amide bonds. The molecule has 2 aromatic rings. The van der Waals surface area contributed by atoms with Crippen LogP contribution >= 0.6 is 0 Å². The van der Waals surface area contributed by atoms with Crippen molar-refractivity contribution in [1.29, 1.82) is 0 Å². The van der Waals surface area contributed by atoms with Gasteiger partial charge in [-0.25, -0.2) is 0 Å². The summed E-state index contributed by atoms with van der Waals surface area (Å²) >= 11 is 0. The summed E-state index contributed by atoms with van der Waals surface area (Å²) in [5.74, 6) is -0.379. The summed E-state index contributed by atoms with van der Waals surface area (Å²) in [6.07, 6.45) is -2.17. The highest BCUT2D eigenvalue weighted by Crippen LogP contribution is 2.30. The third kappa shape index (κ3) is 4.32. The number of aromatic nitrogens is 1. The summed E-state index contributed by atoms with van der Waals surface area (Å²) < 4.78 is 37.7. The number of alkyl halides is 3. The van der Waals surface area contributed by atoms with Crippen molar-refractivity contribution in [2.75, 3.05) is 0 Å². The molecule has 0 saturated carbocycles. The monoisotopic (exact) mass is 338 g/mol. The Hall–Kier alpha value is -2.41. The summed E-state index contributed by atoms with van der Waals surface area (Å²) in [6, 6.07) is 6.71. The zero-order valence-electron chi connectivity index (χ0n) is 12.9. The maximum atomic E-state index is 12.6. The Morgan fingerprint density at radius 3 is 2.25 bits per heavy atom. The Morgan fingerprint density at radius 1 is 1.17 bits per heavy atom. The van der Waals surface area contributed by atoms with Crippen LogP contribution in [0.15, 0.2) is 48.8 Å². The molecular formula is C17H17F3N2O2. The van der Waals surface area contributed by atoms with Crippen LogP contribution in [0, 0.1) is 0 Å². The average Bonchev–Trinajstić information content (AvgIpc) is 2.59. The van der Waals surface area contributed by atoms with Crippen LogP contribution in [0.3, 0.4) is 0 Å². The van der Waals surface area contributed by atoms with E-state index in [0.29, 0.717) is 17.5 Å². The molecule has 1 heterocycles. The topological polar surface area (TPSA) is 62.2 Å². The van der Waals surface area contributed by atoms with Gasteiger partial charge in [0.2, 0.25) is 0 Å². The van der Waals surface area contributed by atoms with Crippen LogP contribution in [-0.4, -0.2) is 22.0 Å². The second-order valence-electron chi connectivity index (χ2n) is 5.29. The second kappa shape index (κ2) is 7.44. The first-order valence-corrected chi connectivity index (χ1v) is 7.39. The Labute approximate surface area is 137 Å². The Kier molecular flexibility index (Phi) is 5.56. The fraction of sp³-hybridized carbons (Fsp3) is 0.294. The largest absolute Gasteiger partial charge is 0.416 e. The molecule has 0 fully saturated rings. The first kappa shape index (κ1) is 17.9. The first-order chi connectivity index (χ1) is 11.3. The van der Waals surface area contributed by atoms with Crippen molar-refractivity contribution in [2.24, 2.45) is 0 Å². The highest BCUT2D eigenvalue weighted by molar-refractivity contribution is 5.94. The molecule has 0 unspecified atom stereocenters. The van der Waals surface area contributed by atoms with E-state index in [-0.39, 0.29) is 5.91 Å². The van der Waals surface area contributed by atoms with Gasteiger partial charge in [0.05, 0.1) is 17.7 Å². The molecule has 0 radical (unpaired) electrons. The predicted octanol–water partition coefficient (Wildman–Crippen LogP) is 3.34. The standard InChI is InChI=1S/C17H17F3N2O2/c1-2-14(22-16(24)12-7-9-21-10-8-12)15(23)11-3-5-13(6-4-11)17(18,19)20/h3-10,14-15,23H,2H2,1H3,(H,22,24)/t14-,15-/m1/s1. The van der Waals surface area contributed by atoms with Gasteiger partial charge in [-0.2, -0.15) is 13.2 Å². The van der Waals surface area contributed by atoms with Gasteiger partial charge in [0.1, 0.15) is 0 Å². The van der Waals surface area contributed by atoms with Crippen LogP contribution < -0.4 is 5.32 Å². The van der Waals surface area contributed by atoms with E-state index < -0.39 is 23.9 Å². The molecular weight excluding hydrogens is 321 g/mol. The molecule has 2 N–H and O–H groups in total. The van der Waals surface area contributed by atoms with Crippen LogP contribution in [-0.2, 0) is 6.18 Å². The zero-order chi connectivity index (χ0) is 17.7. The number of aliphatic hydroxyl groups is 1. The number of pyridine rings is 1. The Bertz CT molecular complexity index is 672. The smallest absolute Gasteiger partial charge is 0.386 e. The maximum Gasteiger partial charge on any atom is 0.416 e. The minimum absolute atomic E-state index is 0.310. The number of hydrogen-bond donors (Lipinski definition) is 2. The van der Waals surface area contributed by atoms with Crippen molar-refractivity contribution in [2.45, 2.75) is 31.7 Å². The normalized spacial score (nSPS) is 14.0. The lowest BCUT2D eigenvalue weighted by molar-refractivity contribution is -0.137. The second-order valence-corrected chi connectivity index (χ2v) is 5.29. The average molecular weight is 338 g/mol. The van der Waals surface area contributed by atoms with Gasteiger partial charge in [-0.05, 0) is 36.2 Å². The lowest BCUT2D eigenvalue weighted by Crippen LogP contribution is -2.38. The van der Waals surface area contributed by atoms with Gasteiger partial charge in [-0.1, -0.05) is 19.1 Å². The lowest BCUT2D eigenvalue weighted by Gasteiger charge is -2.23. The van der Waals surface area contributed by atoms with E-state index in [1.54, 1.807) is 6.92 Å². The number of nitrogens with one attached hydrogen (secondary N) is 1. The third-order valence-corrected chi connectivity index (χ3v) is 3.66. The molecule has 0 saturated heterocycles. The Morgan fingerprint density at radius 2 is 1.75 bits per heavy atom. The van der Waals surface area contributed by atoms with Crippen molar-refractivity contribution in [1.82, 2.24) is 10.3 Å². The highest BCUT2D eigenvalue weighted by atomic mass is 19.4. The predicted molar refractivity (Wildman–Crippen MR) is 82.2 cm³/mol. The third-order valence-electron chi connectivity index (χ3n) is 3.66. The summed E-state index contributed by atoms with van der Waals surface area (Å²) in [7, 11) is 0. The number of rotatable bonds is 5. The van der Waals surface area contributed by atoms with Crippen molar-refractivity contribution in [3.63, 3.8) is 0 Å². The minimum atomic E-state index is -4.43. The van der Waals surface area contributed by atoms with Crippen LogP contribution in [0.2, 0.25) is 0 Å². The molecule has 1 aromatic heterocycles. The SMILES string of the molecule is CC[C@@H](NC(=O)c1ccncc1)[C@H](O)c1ccc(C(F)(F)F)cc1. The minimum Gasteiger partial charge on any atom is -0.386 e. The van der Waals surface area contributed by atoms with Gasteiger partial charge < -0.3 is 10.4 Å². The van der Waals surface area contributed by atoms with Gasteiger partial charge in [0.15, 0.2) is 0 Å². The van der Waals surface area contributed by atoms with Crippen molar-refractivity contribution < 1.29 is 23.1 Å². The molecule has 1 aromatic carbocycles. The van der Waals surface area contributed by atoms with Crippen LogP contribution in [0.1, 0.15) is 40.9 Å². The van der Waals surface area contributed by atoms with Gasteiger partial charge in [0.25, 0.3) is 5.91 Å². The molecule has 128 valence electrons. The van der Waals surface area contributed by atoms with Crippen molar-refractivity contribution >= 4 is 5.91 Å². The van der Waals surface area contributed by atoms with Gasteiger partial charge in [-0.15, -0.1) is 0 Å². The summed E-state index contributed by atoms with van der Waals surface area (Å²) in [4.78, 5) is 16.0. The molecule has 4 nitrogen and oxygen atoms in total. The molecule has 0 spiro atoms. The molecule has 0 bridgehead atoms. The van der Waals surface area contributed by atoms with Gasteiger partial charge >= 0.3 is 6.18 Å². The highest BCUT2D eigenvalue weighted by Gasteiger charge is 2.30. The van der Waals surface area contributed by atoms with Crippen LogP contribution in [0.4, 0.5) is 13.2 Å². The zero-order valence-corrected chi connectivity index (χ0v) is 12.9. The number of carbonyl (C=O) groups excluding carboxylic acids is 1. The maximum absolute atomic E-state index is 12.6. The number of carbonyl (C=O) groups is 1. The van der Waals surface area contributed by atoms with Crippen LogP contribution in [0.25, 0.3) is 0 Å². The van der Waals surface area contributed by atoms with E-state index in [1.807, 2.05) is 0 Å². The van der Waals surface area contributed by atoms with E-state index in [2.05, 4.69) is 10.3 Å². The number of aliphatic hydroxyl groups excluding tert-OH is 1. The molecule has 7 heteroatoms. The van der Waals surface area contributed by atoms with E-state index in [4.69, 9.17) is 0 Å². The number of benzene rings is 1.